The highest BCUT2D eigenvalue weighted by Gasteiger charge is 2.34. The minimum atomic E-state index is -4.49. The van der Waals surface area contributed by atoms with E-state index in [1.807, 2.05) is 6.92 Å². The Hall–Kier alpha value is -4.65. The number of aliphatic hydroxyl groups is 1. The van der Waals surface area contributed by atoms with Crippen molar-refractivity contribution in [2.24, 2.45) is 5.92 Å². The Bertz CT molecular complexity index is 1450. The van der Waals surface area contributed by atoms with Crippen LogP contribution in [0.15, 0.2) is 67.0 Å². The summed E-state index contributed by atoms with van der Waals surface area (Å²) in [4.78, 5) is 46.0. The van der Waals surface area contributed by atoms with Gasteiger partial charge in [0.1, 0.15) is 11.9 Å². The molecule has 0 radical (unpaired) electrons. The molecule has 228 valence electrons. The number of rotatable bonds is 7. The fourth-order valence-electron chi connectivity index (χ4n) is 4.54. The normalized spacial score (nSPS) is 17.6. The van der Waals surface area contributed by atoms with E-state index in [1.54, 1.807) is 31.2 Å². The Morgan fingerprint density at radius 1 is 1.09 bits per heavy atom. The number of likely N-dealkylation sites (N-methyl/N-ethyl adjacent to an activating group) is 1. The van der Waals surface area contributed by atoms with Crippen molar-refractivity contribution in [2.45, 2.75) is 32.2 Å². The van der Waals surface area contributed by atoms with Crippen molar-refractivity contribution in [3.05, 3.63) is 83.7 Å². The lowest BCUT2D eigenvalue weighted by Gasteiger charge is -2.38. The van der Waals surface area contributed by atoms with Gasteiger partial charge in [-0.1, -0.05) is 6.92 Å². The molecule has 2 heterocycles. The highest BCUT2D eigenvalue weighted by atomic mass is 19.4. The number of hydrogen-bond acceptors (Lipinski definition) is 6. The smallest absolute Gasteiger partial charge is 0.416 e. The summed E-state index contributed by atoms with van der Waals surface area (Å²) in [6.45, 7) is 3.55. The predicted octanol–water partition coefficient (Wildman–Crippen LogP) is 4.74. The number of hydrogen-bond donors (Lipinski definition) is 3. The lowest BCUT2D eigenvalue weighted by Crippen LogP contribution is -2.50. The maximum Gasteiger partial charge on any atom is 0.416 e. The number of benzene rings is 2. The molecule has 3 aromatic rings. The van der Waals surface area contributed by atoms with Crippen LogP contribution >= 0.6 is 0 Å². The van der Waals surface area contributed by atoms with E-state index in [-0.39, 0.29) is 42.6 Å². The molecular weight excluding hydrogens is 567 g/mol. The molecule has 0 saturated carbocycles. The van der Waals surface area contributed by atoms with Crippen LogP contribution in [0.3, 0.4) is 0 Å². The second-order valence-corrected chi connectivity index (χ2v) is 10.4. The number of nitrogens with zero attached hydrogens (tertiary/aromatic N) is 3. The fraction of sp³-hybridized carbons (Fsp3) is 0.333. The number of pyridine rings is 1. The van der Waals surface area contributed by atoms with Gasteiger partial charge in [0.25, 0.3) is 11.8 Å². The molecule has 1 aliphatic rings. The van der Waals surface area contributed by atoms with Gasteiger partial charge in [0.15, 0.2) is 0 Å². The standard InChI is InChI=1S/C30H32F3N5O5/c1-18-15-38(19(2)17-39)28(41)24-14-23(35-27(40)20-10-12-34-13-11-20)8-9-25(24)43-26(18)16-37(3)29(42)36-22-6-4-21(5-7-22)30(31,32)33/h4-14,18-19,26,39H,15-17H2,1-3H3,(H,35,40)(H,36,42)/t18-,19+,26+/m0/s1. The van der Waals surface area contributed by atoms with Crippen LogP contribution in [0.4, 0.5) is 29.3 Å². The number of carbonyl (C=O) groups is 3. The number of anilines is 2. The Kier molecular flexibility index (Phi) is 9.54. The number of amides is 4. The highest BCUT2D eigenvalue weighted by Crippen LogP contribution is 2.32. The van der Waals surface area contributed by atoms with Crippen molar-refractivity contribution in [1.29, 1.82) is 0 Å². The first-order valence-corrected chi connectivity index (χ1v) is 13.5. The van der Waals surface area contributed by atoms with Gasteiger partial charge in [0.05, 0.1) is 30.3 Å². The Morgan fingerprint density at radius 3 is 2.37 bits per heavy atom. The minimum absolute atomic E-state index is 0.0726. The first-order valence-electron chi connectivity index (χ1n) is 13.5. The molecule has 3 atom stereocenters. The monoisotopic (exact) mass is 599 g/mol. The van der Waals surface area contributed by atoms with Gasteiger partial charge in [-0.3, -0.25) is 14.6 Å². The number of urea groups is 1. The van der Waals surface area contributed by atoms with Crippen molar-refractivity contribution in [3.8, 4) is 5.75 Å². The van der Waals surface area contributed by atoms with E-state index in [0.29, 0.717) is 11.3 Å². The molecule has 3 N–H and O–H groups in total. The van der Waals surface area contributed by atoms with Crippen LogP contribution in [0.25, 0.3) is 0 Å². The molecule has 4 rings (SSSR count). The van der Waals surface area contributed by atoms with E-state index < -0.39 is 41.7 Å². The Morgan fingerprint density at radius 2 is 1.74 bits per heavy atom. The van der Waals surface area contributed by atoms with E-state index in [2.05, 4.69) is 15.6 Å². The summed E-state index contributed by atoms with van der Waals surface area (Å²) in [6.07, 6.45) is -2.12. The van der Waals surface area contributed by atoms with Crippen LogP contribution in [-0.2, 0) is 6.18 Å². The number of aromatic nitrogens is 1. The minimum Gasteiger partial charge on any atom is -0.487 e. The number of halogens is 3. The summed E-state index contributed by atoms with van der Waals surface area (Å²) < 4.78 is 44.9. The summed E-state index contributed by atoms with van der Waals surface area (Å²) in [5, 5.41) is 15.2. The van der Waals surface area contributed by atoms with E-state index in [4.69, 9.17) is 4.74 Å². The number of alkyl halides is 3. The molecule has 2 aromatic carbocycles. The molecule has 1 aliphatic heterocycles. The SMILES string of the molecule is C[C@H](CO)N1C[C@H](C)[C@@H](CN(C)C(=O)Nc2ccc(C(F)(F)F)cc2)Oc2ccc(NC(=O)c3ccncc3)cc2C1=O. The molecule has 0 fully saturated rings. The van der Waals surface area contributed by atoms with Crippen molar-refractivity contribution in [1.82, 2.24) is 14.8 Å². The molecule has 0 saturated heterocycles. The third-order valence-electron chi connectivity index (χ3n) is 7.13. The second kappa shape index (κ2) is 13.1. The van der Waals surface area contributed by atoms with Crippen molar-refractivity contribution < 1.29 is 37.4 Å². The Labute approximate surface area is 246 Å². The average molecular weight is 600 g/mol. The van der Waals surface area contributed by atoms with Gasteiger partial charge >= 0.3 is 12.2 Å². The summed E-state index contributed by atoms with van der Waals surface area (Å²) in [7, 11) is 1.52. The number of nitrogens with one attached hydrogen (secondary N) is 2. The maximum absolute atomic E-state index is 13.6. The molecule has 43 heavy (non-hydrogen) atoms. The van der Waals surface area contributed by atoms with Gasteiger partial charge in [-0.2, -0.15) is 13.2 Å². The van der Waals surface area contributed by atoms with Crippen molar-refractivity contribution in [3.63, 3.8) is 0 Å². The fourth-order valence-corrected chi connectivity index (χ4v) is 4.54. The second-order valence-electron chi connectivity index (χ2n) is 10.4. The lowest BCUT2D eigenvalue weighted by atomic mass is 9.99. The molecule has 0 aliphatic carbocycles. The summed E-state index contributed by atoms with van der Waals surface area (Å²) >= 11 is 0. The van der Waals surface area contributed by atoms with Crippen LogP contribution < -0.4 is 15.4 Å². The van der Waals surface area contributed by atoms with Gasteiger partial charge in [-0.05, 0) is 61.5 Å². The van der Waals surface area contributed by atoms with Gasteiger partial charge in [-0.15, -0.1) is 0 Å². The van der Waals surface area contributed by atoms with Gasteiger partial charge in [0, 0.05) is 48.8 Å². The first-order chi connectivity index (χ1) is 20.4. The summed E-state index contributed by atoms with van der Waals surface area (Å²) in [6, 6.07) is 10.8. The molecular formula is C30H32F3N5O5. The first kappa shape index (κ1) is 31.3. The lowest BCUT2D eigenvalue weighted by molar-refractivity contribution is -0.137. The topological polar surface area (TPSA) is 124 Å². The van der Waals surface area contributed by atoms with Crippen LogP contribution in [0.5, 0.6) is 5.75 Å². The third kappa shape index (κ3) is 7.60. The van der Waals surface area contributed by atoms with Crippen LogP contribution in [0.2, 0.25) is 0 Å². The third-order valence-corrected chi connectivity index (χ3v) is 7.13. The number of aliphatic hydroxyl groups excluding tert-OH is 1. The predicted molar refractivity (Wildman–Crippen MR) is 153 cm³/mol. The van der Waals surface area contributed by atoms with Gasteiger partial charge < -0.3 is 30.3 Å². The molecule has 0 unspecified atom stereocenters. The van der Waals surface area contributed by atoms with Crippen molar-refractivity contribution in [2.75, 3.05) is 37.4 Å². The molecule has 10 nitrogen and oxygen atoms in total. The van der Waals surface area contributed by atoms with E-state index in [0.717, 1.165) is 12.1 Å². The largest absolute Gasteiger partial charge is 0.487 e. The Balaban J connectivity index is 1.55. The van der Waals surface area contributed by atoms with E-state index in [1.165, 1.54) is 47.4 Å². The molecule has 0 spiro atoms. The van der Waals surface area contributed by atoms with Gasteiger partial charge in [-0.25, -0.2) is 4.79 Å². The summed E-state index contributed by atoms with van der Waals surface area (Å²) in [5.74, 6) is -0.849. The van der Waals surface area contributed by atoms with E-state index in [9.17, 15) is 32.7 Å². The molecule has 0 bridgehead atoms. The summed E-state index contributed by atoms with van der Waals surface area (Å²) in [5.41, 5.74) is 0.266. The van der Waals surface area contributed by atoms with E-state index >= 15 is 0 Å². The zero-order valence-corrected chi connectivity index (χ0v) is 23.8. The number of fused-ring (bicyclic) bond motifs is 1. The van der Waals surface area contributed by atoms with Crippen molar-refractivity contribution >= 4 is 29.2 Å². The highest BCUT2D eigenvalue weighted by molar-refractivity contribution is 6.05. The number of carbonyl (C=O) groups excluding carboxylic acids is 3. The zero-order valence-electron chi connectivity index (χ0n) is 23.8. The van der Waals surface area contributed by atoms with Crippen LogP contribution in [-0.4, -0.2) is 76.6 Å². The molecule has 1 aromatic heterocycles. The molecule has 4 amide bonds. The van der Waals surface area contributed by atoms with Crippen LogP contribution in [0.1, 0.15) is 40.1 Å². The average Bonchev–Trinajstić information content (AvgIpc) is 2.99. The van der Waals surface area contributed by atoms with Crippen LogP contribution in [0, 0.1) is 5.92 Å². The quantitative estimate of drug-likeness (QED) is 0.361. The number of ether oxygens (including phenoxy) is 1. The maximum atomic E-state index is 13.6. The molecule has 13 heteroatoms. The van der Waals surface area contributed by atoms with Gasteiger partial charge in [0.2, 0.25) is 0 Å². The zero-order chi connectivity index (χ0) is 31.3.